The Labute approximate surface area is 88.4 Å². The van der Waals surface area contributed by atoms with E-state index in [0.717, 1.165) is 0 Å². The third-order valence-corrected chi connectivity index (χ3v) is 2.14. The molecule has 2 aromatic rings. The Balaban J connectivity index is 2.14. The second-order valence-corrected chi connectivity index (χ2v) is 3.42. The first-order valence-electron chi connectivity index (χ1n) is 4.78. The first-order valence-corrected chi connectivity index (χ1v) is 4.78. The maximum Gasteiger partial charge on any atom is 0.250 e. The van der Waals surface area contributed by atoms with Gasteiger partial charge in [0.15, 0.2) is 5.82 Å². The lowest BCUT2D eigenvalue weighted by atomic mass is 10.1. The van der Waals surface area contributed by atoms with Crippen molar-refractivity contribution in [2.75, 3.05) is 0 Å². The van der Waals surface area contributed by atoms with Gasteiger partial charge in [0.25, 0.3) is 0 Å². The van der Waals surface area contributed by atoms with Crippen molar-refractivity contribution in [1.29, 1.82) is 0 Å². The van der Waals surface area contributed by atoms with Gasteiger partial charge in [0, 0.05) is 6.42 Å². The summed E-state index contributed by atoms with van der Waals surface area (Å²) in [5.74, 6) is 1.16. The lowest BCUT2D eigenvalue weighted by molar-refractivity contribution is 0.404. The summed E-state index contributed by atoms with van der Waals surface area (Å²) >= 11 is 0. The maximum absolute atomic E-state index is 4.93. The van der Waals surface area contributed by atoms with Crippen LogP contribution in [0.4, 0.5) is 0 Å². The summed E-state index contributed by atoms with van der Waals surface area (Å²) in [7, 11) is 0. The fourth-order valence-corrected chi connectivity index (χ4v) is 1.31. The molecule has 1 aromatic heterocycles. The van der Waals surface area contributed by atoms with Gasteiger partial charge >= 0.3 is 0 Å². The molecule has 0 aliphatic heterocycles. The molecule has 0 aliphatic rings. The molecule has 1 aromatic carbocycles. The van der Waals surface area contributed by atoms with Crippen molar-refractivity contribution in [3.05, 3.63) is 53.7 Å². The lowest BCUT2D eigenvalue weighted by Gasteiger charge is -1.96. The molecule has 15 heavy (non-hydrogen) atoms. The molecule has 1 heterocycles. The molecule has 76 valence electrons. The second kappa shape index (κ2) is 4.09. The van der Waals surface area contributed by atoms with E-state index in [0.29, 0.717) is 18.1 Å². The summed E-state index contributed by atoms with van der Waals surface area (Å²) in [6, 6.07) is 8.28. The van der Waals surface area contributed by atoms with Crippen LogP contribution in [0.3, 0.4) is 0 Å². The van der Waals surface area contributed by atoms with Gasteiger partial charge in [-0.25, -0.2) is 0 Å². The highest BCUT2D eigenvalue weighted by atomic mass is 16.5. The summed E-state index contributed by atoms with van der Waals surface area (Å²) in [4.78, 5) is 4.15. The van der Waals surface area contributed by atoms with Crippen LogP contribution >= 0.6 is 0 Å². The fourth-order valence-electron chi connectivity index (χ4n) is 1.31. The Morgan fingerprint density at radius 2 is 2.07 bits per heavy atom. The van der Waals surface area contributed by atoms with E-state index in [2.05, 4.69) is 47.9 Å². The standard InChI is InChI=1S/C12H12N2O/c1-3-12-13-11(14-15-12)8-10-6-4-9(2)5-7-10/h3-7H,1,8H2,2H3. The SMILES string of the molecule is C=Cc1nc(Cc2ccc(C)cc2)no1. The van der Waals surface area contributed by atoms with Crippen LogP contribution in [0.1, 0.15) is 22.8 Å². The van der Waals surface area contributed by atoms with E-state index in [1.807, 2.05) is 0 Å². The second-order valence-electron chi connectivity index (χ2n) is 3.42. The molecule has 0 unspecified atom stereocenters. The summed E-state index contributed by atoms with van der Waals surface area (Å²) in [6.45, 7) is 5.63. The maximum atomic E-state index is 4.93. The van der Waals surface area contributed by atoms with E-state index in [4.69, 9.17) is 4.52 Å². The molecule has 0 saturated heterocycles. The average Bonchev–Trinajstić information content (AvgIpc) is 2.69. The highest BCUT2D eigenvalue weighted by Crippen LogP contribution is 2.08. The zero-order valence-corrected chi connectivity index (χ0v) is 8.60. The van der Waals surface area contributed by atoms with E-state index in [1.165, 1.54) is 11.1 Å². The Hall–Kier alpha value is -1.90. The number of aromatic nitrogens is 2. The van der Waals surface area contributed by atoms with E-state index < -0.39 is 0 Å². The number of nitrogens with zero attached hydrogens (tertiary/aromatic N) is 2. The third kappa shape index (κ3) is 2.31. The van der Waals surface area contributed by atoms with Crippen molar-refractivity contribution >= 4 is 6.08 Å². The predicted molar refractivity (Wildman–Crippen MR) is 58.4 cm³/mol. The zero-order chi connectivity index (χ0) is 10.7. The first kappa shape index (κ1) is 9.65. The van der Waals surface area contributed by atoms with Gasteiger partial charge in [-0.1, -0.05) is 41.6 Å². The number of rotatable bonds is 3. The largest absolute Gasteiger partial charge is 0.335 e. The summed E-state index contributed by atoms with van der Waals surface area (Å²) in [5, 5.41) is 3.85. The average molecular weight is 200 g/mol. The normalized spacial score (nSPS) is 10.2. The minimum absolute atomic E-state index is 0.470. The molecular formula is C12H12N2O. The van der Waals surface area contributed by atoms with Gasteiger partial charge < -0.3 is 4.52 Å². The third-order valence-electron chi connectivity index (χ3n) is 2.14. The molecule has 0 amide bonds. The molecule has 3 heteroatoms. The van der Waals surface area contributed by atoms with Crippen LogP contribution in [-0.4, -0.2) is 10.1 Å². The molecule has 3 nitrogen and oxygen atoms in total. The minimum atomic E-state index is 0.470. The predicted octanol–water partition coefficient (Wildman–Crippen LogP) is 2.61. The molecule has 0 radical (unpaired) electrons. The van der Waals surface area contributed by atoms with Gasteiger partial charge in [-0.15, -0.1) is 0 Å². The van der Waals surface area contributed by atoms with Crippen molar-refractivity contribution in [3.63, 3.8) is 0 Å². The smallest absolute Gasteiger partial charge is 0.250 e. The van der Waals surface area contributed by atoms with Crippen molar-refractivity contribution in [1.82, 2.24) is 10.1 Å². The number of benzene rings is 1. The van der Waals surface area contributed by atoms with Crippen LogP contribution in [0.15, 0.2) is 35.4 Å². The molecule has 0 N–H and O–H groups in total. The van der Waals surface area contributed by atoms with Gasteiger partial charge in [0.05, 0.1) is 0 Å². The van der Waals surface area contributed by atoms with Gasteiger partial charge in [0.2, 0.25) is 5.89 Å². The van der Waals surface area contributed by atoms with Gasteiger partial charge in [-0.05, 0) is 18.6 Å². The van der Waals surface area contributed by atoms with Crippen molar-refractivity contribution < 1.29 is 4.52 Å². The summed E-state index contributed by atoms with van der Waals surface area (Å²) < 4.78 is 4.93. The zero-order valence-electron chi connectivity index (χ0n) is 8.60. The van der Waals surface area contributed by atoms with Gasteiger partial charge in [-0.2, -0.15) is 4.98 Å². The van der Waals surface area contributed by atoms with Gasteiger partial charge in [-0.3, -0.25) is 0 Å². The molecule has 0 saturated carbocycles. The lowest BCUT2D eigenvalue weighted by Crippen LogP contribution is -1.90. The van der Waals surface area contributed by atoms with Crippen LogP contribution < -0.4 is 0 Å². The molecule has 0 atom stereocenters. The van der Waals surface area contributed by atoms with Crippen molar-refractivity contribution in [2.45, 2.75) is 13.3 Å². The van der Waals surface area contributed by atoms with Crippen LogP contribution in [0.2, 0.25) is 0 Å². The Morgan fingerprint density at radius 1 is 1.33 bits per heavy atom. The molecule has 2 rings (SSSR count). The number of aryl methyl sites for hydroxylation is 1. The highest BCUT2D eigenvalue weighted by Gasteiger charge is 2.03. The highest BCUT2D eigenvalue weighted by molar-refractivity contribution is 5.33. The monoisotopic (exact) mass is 200 g/mol. The Bertz CT molecular complexity index is 457. The molecular weight excluding hydrogens is 188 g/mol. The van der Waals surface area contributed by atoms with E-state index in [1.54, 1.807) is 6.08 Å². The van der Waals surface area contributed by atoms with Crippen LogP contribution in [-0.2, 0) is 6.42 Å². The molecule has 0 spiro atoms. The number of hydrogen-bond donors (Lipinski definition) is 0. The van der Waals surface area contributed by atoms with E-state index in [9.17, 15) is 0 Å². The van der Waals surface area contributed by atoms with Crippen molar-refractivity contribution in [2.24, 2.45) is 0 Å². The van der Waals surface area contributed by atoms with E-state index in [-0.39, 0.29) is 0 Å². The quantitative estimate of drug-likeness (QED) is 0.764. The number of hydrogen-bond acceptors (Lipinski definition) is 3. The molecule has 0 fully saturated rings. The summed E-state index contributed by atoms with van der Waals surface area (Å²) in [6.07, 6.45) is 2.24. The van der Waals surface area contributed by atoms with Crippen LogP contribution in [0.25, 0.3) is 6.08 Å². The Morgan fingerprint density at radius 3 is 2.67 bits per heavy atom. The summed E-state index contributed by atoms with van der Waals surface area (Å²) in [5.41, 5.74) is 2.43. The first-order chi connectivity index (χ1) is 7.28. The topological polar surface area (TPSA) is 38.9 Å². The fraction of sp³-hybridized carbons (Fsp3) is 0.167. The minimum Gasteiger partial charge on any atom is -0.335 e. The Kier molecular flexibility index (Phi) is 2.63. The van der Waals surface area contributed by atoms with Crippen molar-refractivity contribution in [3.8, 4) is 0 Å². The van der Waals surface area contributed by atoms with E-state index >= 15 is 0 Å². The molecule has 0 bridgehead atoms. The van der Waals surface area contributed by atoms with Crippen LogP contribution in [0, 0.1) is 6.92 Å². The van der Waals surface area contributed by atoms with Crippen LogP contribution in [0.5, 0.6) is 0 Å². The van der Waals surface area contributed by atoms with Gasteiger partial charge in [0.1, 0.15) is 0 Å². The molecule has 0 aliphatic carbocycles.